The van der Waals surface area contributed by atoms with Gasteiger partial charge in [0.15, 0.2) is 0 Å². The van der Waals surface area contributed by atoms with Gasteiger partial charge in [0.2, 0.25) is 5.91 Å². The van der Waals surface area contributed by atoms with Gasteiger partial charge in [0.1, 0.15) is 5.75 Å². The predicted molar refractivity (Wildman–Crippen MR) is 102 cm³/mol. The van der Waals surface area contributed by atoms with Crippen LogP contribution < -0.4 is 15.0 Å². The number of nitrogens with one attached hydrogen (secondary N) is 1. The standard InChI is InChI=1S/C21H16N2O4/c1-12(24)22-17-10-9-14(27-2)11-18(17)23-20(25)15-7-3-5-13-6-4-8-16(19(13)15)21(23)26/h3-11H,1-2H3,(H,22,24). The molecule has 0 bridgehead atoms. The van der Waals surface area contributed by atoms with Gasteiger partial charge in [0.05, 0.1) is 18.5 Å². The normalized spacial score (nSPS) is 13.0. The molecule has 1 N–H and O–H groups in total. The van der Waals surface area contributed by atoms with Crippen LogP contribution in [-0.4, -0.2) is 24.8 Å². The zero-order valence-electron chi connectivity index (χ0n) is 14.8. The summed E-state index contributed by atoms with van der Waals surface area (Å²) in [7, 11) is 1.49. The Morgan fingerprint density at radius 3 is 2.15 bits per heavy atom. The fraction of sp³-hybridized carbons (Fsp3) is 0.0952. The molecule has 6 heteroatoms. The molecule has 1 heterocycles. The Morgan fingerprint density at radius 1 is 0.963 bits per heavy atom. The van der Waals surface area contributed by atoms with E-state index in [2.05, 4.69) is 5.32 Å². The summed E-state index contributed by atoms with van der Waals surface area (Å²) in [6, 6.07) is 15.5. The molecule has 0 saturated carbocycles. The molecule has 0 fully saturated rings. The molecular formula is C21H16N2O4. The van der Waals surface area contributed by atoms with Crippen LogP contribution in [0, 0.1) is 0 Å². The van der Waals surface area contributed by atoms with E-state index in [1.165, 1.54) is 14.0 Å². The molecule has 6 nitrogen and oxygen atoms in total. The second-order valence-corrected chi connectivity index (χ2v) is 6.22. The number of anilines is 2. The van der Waals surface area contributed by atoms with Crippen LogP contribution >= 0.6 is 0 Å². The van der Waals surface area contributed by atoms with Gasteiger partial charge in [-0.25, -0.2) is 4.90 Å². The third-order valence-electron chi connectivity index (χ3n) is 4.53. The van der Waals surface area contributed by atoms with Gasteiger partial charge >= 0.3 is 0 Å². The predicted octanol–water partition coefficient (Wildman–Crippen LogP) is 3.61. The SMILES string of the molecule is COc1ccc(NC(C)=O)c(N2C(=O)c3cccc4cccc(c34)C2=O)c1. The largest absolute Gasteiger partial charge is 0.497 e. The van der Waals surface area contributed by atoms with E-state index in [-0.39, 0.29) is 11.6 Å². The van der Waals surface area contributed by atoms with Crippen LogP contribution in [0.4, 0.5) is 11.4 Å². The van der Waals surface area contributed by atoms with Crippen molar-refractivity contribution in [1.82, 2.24) is 0 Å². The van der Waals surface area contributed by atoms with Crippen molar-refractivity contribution in [2.45, 2.75) is 6.92 Å². The topological polar surface area (TPSA) is 75.7 Å². The molecule has 0 spiro atoms. The highest BCUT2D eigenvalue weighted by Gasteiger charge is 2.35. The van der Waals surface area contributed by atoms with Crippen molar-refractivity contribution in [2.24, 2.45) is 0 Å². The number of imide groups is 1. The lowest BCUT2D eigenvalue weighted by Gasteiger charge is -2.29. The van der Waals surface area contributed by atoms with E-state index in [9.17, 15) is 14.4 Å². The van der Waals surface area contributed by atoms with Crippen LogP contribution in [0.3, 0.4) is 0 Å². The Kier molecular flexibility index (Phi) is 3.88. The first kappa shape index (κ1) is 16.8. The molecule has 27 heavy (non-hydrogen) atoms. The van der Waals surface area contributed by atoms with Gasteiger partial charge < -0.3 is 10.1 Å². The summed E-state index contributed by atoms with van der Waals surface area (Å²) in [4.78, 5) is 39.1. The lowest BCUT2D eigenvalue weighted by atomic mass is 9.93. The highest BCUT2D eigenvalue weighted by Crippen LogP contribution is 2.37. The fourth-order valence-electron chi connectivity index (χ4n) is 3.37. The summed E-state index contributed by atoms with van der Waals surface area (Å²) in [5.41, 5.74) is 1.52. The van der Waals surface area contributed by atoms with E-state index in [0.717, 1.165) is 10.3 Å². The van der Waals surface area contributed by atoms with E-state index < -0.39 is 11.8 Å². The molecule has 0 unspecified atom stereocenters. The van der Waals surface area contributed by atoms with Crippen molar-refractivity contribution in [1.29, 1.82) is 0 Å². The molecule has 134 valence electrons. The Bertz CT molecular complexity index is 1070. The fourth-order valence-corrected chi connectivity index (χ4v) is 3.37. The van der Waals surface area contributed by atoms with E-state index in [1.54, 1.807) is 42.5 Å². The van der Waals surface area contributed by atoms with Crippen molar-refractivity contribution in [3.8, 4) is 5.75 Å². The van der Waals surface area contributed by atoms with Crippen molar-refractivity contribution in [3.63, 3.8) is 0 Å². The van der Waals surface area contributed by atoms with E-state index in [0.29, 0.717) is 28.0 Å². The molecule has 0 atom stereocenters. The summed E-state index contributed by atoms with van der Waals surface area (Å²) < 4.78 is 5.24. The van der Waals surface area contributed by atoms with Gasteiger partial charge in [-0.3, -0.25) is 14.4 Å². The van der Waals surface area contributed by atoms with Crippen LogP contribution in [-0.2, 0) is 4.79 Å². The molecule has 4 rings (SSSR count). The van der Waals surface area contributed by atoms with Crippen LogP contribution in [0.25, 0.3) is 10.8 Å². The first-order valence-corrected chi connectivity index (χ1v) is 8.37. The van der Waals surface area contributed by atoms with Crippen LogP contribution in [0.2, 0.25) is 0 Å². The molecule has 1 aliphatic rings. The minimum absolute atomic E-state index is 0.269. The second kappa shape index (κ2) is 6.25. The second-order valence-electron chi connectivity index (χ2n) is 6.22. The van der Waals surface area contributed by atoms with Crippen molar-refractivity contribution in [2.75, 3.05) is 17.3 Å². The number of hydrogen-bond donors (Lipinski definition) is 1. The summed E-state index contributed by atoms with van der Waals surface area (Å²) >= 11 is 0. The van der Waals surface area contributed by atoms with Crippen LogP contribution in [0.15, 0.2) is 54.6 Å². The van der Waals surface area contributed by atoms with Crippen molar-refractivity contribution in [3.05, 3.63) is 65.7 Å². The lowest BCUT2D eigenvalue weighted by Crippen LogP contribution is -2.41. The molecule has 0 aliphatic carbocycles. The number of methoxy groups -OCH3 is 1. The summed E-state index contributed by atoms with van der Waals surface area (Å²) in [6.45, 7) is 1.36. The summed E-state index contributed by atoms with van der Waals surface area (Å²) in [6.07, 6.45) is 0. The van der Waals surface area contributed by atoms with Gasteiger partial charge in [0, 0.05) is 29.5 Å². The maximum absolute atomic E-state index is 13.2. The number of ether oxygens (including phenoxy) is 1. The third kappa shape index (κ3) is 2.62. The number of carbonyl (C=O) groups is 3. The zero-order chi connectivity index (χ0) is 19.1. The number of hydrogen-bond acceptors (Lipinski definition) is 4. The zero-order valence-corrected chi connectivity index (χ0v) is 14.8. The molecule has 0 saturated heterocycles. The average molecular weight is 360 g/mol. The molecule has 0 aromatic heterocycles. The highest BCUT2D eigenvalue weighted by atomic mass is 16.5. The van der Waals surface area contributed by atoms with Gasteiger partial charge in [-0.1, -0.05) is 24.3 Å². The Hall–Kier alpha value is -3.67. The minimum atomic E-state index is -0.441. The van der Waals surface area contributed by atoms with E-state index in [4.69, 9.17) is 4.74 Å². The van der Waals surface area contributed by atoms with Gasteiger partial charge in [0.25, 0.3) is 11.8 Å². The van der Waals surface area contributed by atoms with Crippen molar-refractivity contribution < 1.29 is 19.1 Å². The van der Waals surface area contributed by atoms with Crippen LogP contribution in [0.1, 0.15) is 27.6 Å². The number of rotatable bonds is 3. The first-order valence-electron chi connectivity index (χ1n) is 8.37. The first-order chi connectivity index (χ1) is 13.0. The molecule has 1 aliphatic heterocycles. The molecule has 3 aromatic carbocycles. The highest BCUT2D eigenvalue weighted by molar-refractivity contribution is 6.36. The van der Waals surface area contributed by atoms with Gasteiger partial charge in [-0.2, -0.15) is 0 Å². The van der Waals surface area contributed by atoms with Gasteiger partial charge in [-0.15, -0.1) is 0 Å². The molecular weight excluding hydrogens is 344 g/mol. The number of amides is 3. The smallest absolute Gasteiger partial charge is 0.266 e. The molecule has 0 radical (unpaired) electrons. The Balaban J connectivity index is 1.95. The molecule has 3 aromatic rings. The van der Waals surface area contributed by atoms with Gasteiger partial charge in [-0.05, 0) is 29.7 Å². The number of nitrogens with zero attached hydrogens (tertiary/aromatic N) is 1. The van der Waals surface area contributed by atoms with Crippen LogP contribution in [0.5, 0.6) is 5.75 Å². The third-order valence-corrected chi connectivity index (χ3v) is 4.53. The summed E-state index contributed by atoms with van der Waals surface area (Å²) in [5.74, 6) is -0.717. The average Bonchev–Trinajstić information content (AvgIpc) is 2.66. The Labute approximate surface area is 155 Å². The number of carbonyl (C=O) groups excluding carboxylic acids is 3. The van der Waals surface area contributed by atoms with Crippen molar-refractivity contribution >= 4 is 39.9 Å². The lowest BCUT2D eigenvalue weighted by molar-refractivity contribution is -0.114. The Morgan fingerprint density at radius 2 is 1.59 bits per heavy atom. The van der Waals surface area contributed by atoms with E-state index >= 15 is 0 Å². The quantitative estimate of drug-likeness (QED) is 0.724. The molecule has 3 amide bonds. The number of benzene rings is 3. The maximum atomic E-state index is 13.2. The van der Waals surface area contributed by atoms with E-state index in [1.807, 2.05) is 12.1 Å². The maximum Gasteiger partial charge on any atom is 0.266 e. The monoisotopic (exact) mass is 360 g/mol. The summed E-state index contributed by atoms with van der Waals surface area (Å²) in [5, 5.41) is 4.15. The minimum Gasteiger partial charge on any atom is -0.497 e.